The van der Waals surface area contributed by atoms with Gasteiger partial charge < -0.3 is 5.32 Å². The molecular formula is C20H19F2N4O3+. The van der Waals surface area contributed by atoms with E-state index in [1.54, 1.807) is 0 Å². The molecule has 1 heterocycles. The maximum atomic E-state index is 13.1. The van der Waals surface area contributed by atoms with Crippen molar-refractivity contribution >= 4 is 11.7 Å². The summed E-state index contributed by atoms with van der Waals surface area (Å²) in [6, 6.07) is 11.1. The summed E-state index contributed by atoms with van der Waals surface area (Å²) in [5.41, 5.74) is 0.444. The van der Waals surface area contributed by atoms with Gasteiger partial charge in [0, 0.05) is 6.54 Å². The van der Waals surface area contributed by atoms with Crippen LogP contribution in [0.5, 0.6) is 0 Å². The molecule has 0 atom stereocenters. The molecule has 3 aromatic rings. The Balaban J connectivity index is 1.84. The molecule has 0 bridgehead atoms. The predicted molar refractivity (Wildman–Crippen MR) is 99.0 cm³/mol. The van der Waals surface area contributed by atoms with Crippen LogP contribution in [0.25, 0.3) is 0 Å². The first-order valence-corrected chi connectivity index (χ1v) is 8.82. The highest BCUT2D eigenvalue weighted by atomic mass is 19.1. The summed E-state index contributed by atoms with van der Waals surface area (Å²) in [5, 5.41) is 5.32. The minimum absolute atomic E-state index is 0.0717. The van der Waals surface area contributed by atoms with E-state index in [4.69, 9.17) is 0 Å². The third-order valence-electron chi connectivity index (χ3n) is 4.18. The lowest BCUT2D eigenvalue weighted by Crippen LogP contribution is -2.48. The van der Waals surface area contributed by atoms with Gasteiger partial charge in [-0.3, -0.25) is 9.59 Å². The summed E-state index contributed by atoms with van der Waals surface area (Å²) in [4.78, 5) is 36.9. The Hall–Kier alpha value is -3.62. The summed E-state index contributed by atoms with van der Waals surface area (Å²) in [5.74, 6) is -1.72. The summed E-state index contributed by atoms with van der Waals surface area (Å²) >= 11 is 0. The maximum Gasteiger partial charge on any atom is 0.406 e. The van der Waals surface area contributed by atoms with Crippen LogP contribution in [0.1, 0.15) is 28.5 Å². The van der Waals surface area contributed by atoms with Gasteiger partial charge in [0.2, 0.25) is 0 Å². The SMILES string of the molecule is CC(=O)C[n+]1[nH]n(Cc2ccc(F)cc2)c(=O)c1C(=O)NCc1ccc(F)cc1. The van der Waals surface area contributed by atoms with Crippen LogP contribution in [0.4, 0.5) is 8.78 Å². The van der Waals surface area contributed by atoms with E-state index in [2.05, 4.69) is 10.5 Å². The molecular weight excluding hydrogens is 382 g/mol. The number of aromatic nitrogens is 3. The Morgan fingerprint density at radius 2 is 1.55 bits per heavy atom. The molecule has 0 aliphatic carbocycles. The fourth-order valence-electron chi connectivity index (χ4n) is 2.79. The Bertz CT molecular complexity index is 1090. The van der Waals surface area contributed by atoms with Crippen molar-refractivity contribution in [2.45, 2.75) is 26.6 Å². The van der Waals surface area contributed by atoms with Crippen molar-refractivity contribution in [2.24, 2.45) is 0 Å². The van der Waals surface area contributed by atoms with Gasteiger partial charge in [-0.2, -0.15) is 0 Å². The lowest BCUT2D eigenvalue weighted by molar-refractivity contribution is -0.745. The lowest BCUT2D eigenvalue weighted by Gasteiger charge is -2.03. The van der Waals surface area contributed by atoms with Crippen LogP contribution in [0, 0.1) is 11.6 Å². The van der Waals surface area contributed by atoms with Gasteiger partial charge in [-0.05, 0) is 42.3 Å². The van der Waals surface area contributed by atoms with Gasteiger partial charge in [0.15, 0.2) is 12.3 Å². The molecule has 7 nitrogen and oxygen atoms in total. The zero-order valence-corrected chi connectivity index (χ0v) is 15.6. The average Bonchev–Trinajstić information content (AvgIpc) is 2.97. The van der Waals surface area contributed by atoms with Crippen LogP contribution >= 0.6 is 0 Å². The van der Waals surface area contributed by atoms with Gasteiger partial charge in [0.05, 0.1) is 0 Å². The molecule has 0 unspecified atom stereocenters. The Morgan fingerprint density at radius 3 is 2.10 bits per heavy atom. The summed E-state index contributed by atoms with van der Waals surface area (Å²) in [7, 11) is 0. The van der Waals surface area contributed by atoms with E-state index >= 15 is 0 Å². The number of rotatable bonds is 7. The van der Waals surface area contributed by atoms with Crippen molar-refractivity contribution in [1.82, 2.24) is 15.2 Å². The molecule has 0 saturated heterocycles. The van der Waals surface area contributed by atoms with Crippen molar-refractivity contribution in [3.05, 3.63) is 87.3 Å². The second-order valence-electron chi connectivity index (χ2n) is 6.56. The van der Waals surface area contributed by atoms with Crippen molar-refractivity contribution in [2.75, 3.05) is 0 Å². The van der Waals surface area contributed by atoms with Crippen molar-refractivity contribution in [1.29, 1.82) is 0 Å². The van der Waals surface area contributed by atoms with Gasteiger partial charge >= 0.3 is 17.2 Å². The Morgan fingerprint density at radius 1 is 1.00 bits per heavy atom. The lowest BCUT2D eigenvalue weighted by atomic mass is 10.2. The topological polar surface area (TPSA) is 87.8 Å². The van der Waals surface area contributed by atoms with E-state index in [0.29, 0.717) is 11.1 Å². The zero-order valence-electron chi connectivity index (χ0n) is 15.6. The van der Waals surface area contributed by atoms with E-state index in [0.717, 1.165) is 0 Å². The van der Waals surface area contributed by atoms with Gasteiger partial charge in [-0.1, -0.05) is 29.5 Å². The molecule has 9 heteroatoms. The maximum absolute atomic E-state index is 13.1. The summed E-state index contributed by atoms with van der Waals surface area (Å²) in [6.07, 6.45) is 0. The van der Waals surface area contributed by atoms with Crippen LogP contribution < -0.4 is 15.6 Å². The average molecular weight is 401 g/mol. The second-order valence-corrected chi connectivity index (χ2v) is 6.56. The Labute approximate surface area is 164 Å². The monoisotopic (exact) mass is 401 g/mol. The fraction of sp³-hybridized carbons (Fsp3) is 0.200. The van der Waals surface area contributed by atoms with Crippen LogP contribution in [0.15, 0.2) is 53.3 Å². The molecule has 3 rings (SSSR count). The molecule has 0 radical (unpaired) electrons. The first-order valence-electron chi connectivity index (χ1n) is 8.82. The van der Waals surface area contributed by atoms with Gasteiger partial charge in [-0.25, -0.2) is 13.6 Å². The highest BCUT2D eigenvalue weighted by Gasteiger charge is 2.28. The van der Waals surface area contributed by atoms with E-state index in [1.165, 1.54) is 64.8 Å². The molecule has 0 spiro atoms. The number of hydrogen-bond acceptors (Lipinski definition) is 3. The molecule has 29 heavy (non-hydrogen) atoms. The minimum Gasteiger partial charge on any atom is -0.345 e. The molecule has 0 aliphatic heterocycles. The zero-order chi connectivity index (χ0) is 21.0. The molecule has 150 valence electrons. The van der Waals surface area contributed by atoms with Gasteiger partial charge in [0.25, 0.3) is 0 Å². The molecule has 1 amide bonds. The first kappa shape index (κ1) is 20.1. The number of halogens is 2. The van der Waals surface area contributed by atoms with Gasteiger partial charge in [-0.15, -0.1) is 9.36 Å². The molecule has 2 N–H and O–H groups in total. The number of carbonyl (C=O) groups excluding carboxylic acids is 2. The number of ketones is 1. The number of hydrogen-bond donors (Lipinski definition) is 2. The van der Waals surface area contributed by atoms with Gasteiger partial charge in [0.1, 0.15) is 18.2 Å². The number of amides is 1. The predicted octanol–water partition coefficient (Wildman–Crippen LogP) is 1.31. The van der Waals surface area contributed by atoms with Crippen LogP contribution in [0.3, 0.4) is 0 Å². The van der Waals surface area contributed by atoms with Crippen LogP contribution in [0.2, 0.25) is 0 Å². The van der Waals surface area contributed by atoms with E-state index in [-0.39, 0.29) is 31.1 Å². The third-order valence-corrected chi connectivity index (χ3v) is 4.18. The van der Waals surface area contributed by atoms with E-state index in [9.17, 15) is 23.2 Å². The summed E-state index contributed by atoms with van der Waals surface area (Å²) < 4.78 is 28.4. The number of Topliss-reactive ketones (excluding diaryl/α,β-unsaturated/α-hetero) is 1. The normalized spacial score (nSPS) is 10.7. The third kappa shape index (κ3) is 5.01. The largest absolute Gasteiger partial charge is 0.406 e. The molecule has 0 saturated carbocycles. The molecule has 0 aliphatic rings. The number of H-pyrrole nitrogens is 1. The van der Waals surface area contributed by atoms with E-state index in [1.807, 2.05) is 0 Å². The fourth-order valence-corrected chi connectivity index (χ4v) is 2.79. The smallest absolute Gasteiger partial charge is 0.345 e. The van der Waals surface area contributed by atoms with Crippen molar-refractivity contribution in [3.8, 4) is 0 Å². The highest BCUT2D eigenvalue weighted by molar-refractivity contribution is 5.90. The van der Waals surface area contributed by atoms with Crippen molar-refractivity contribution < 1.29 is 23.1 Å². The van der Waals surface area contributed by atoms with Crippen molar-refractivity contribution in [3.63, 3.8) is 0 Å². The van der Waals surface area contributed by atoms with Crippen LogP contribution in [-0.4, -0.2) is 21.6 Å². The Kier molecular flexibility index (Phi) is 5.96. The number of nitrogens with one attached hydrogen (secondary N) is 2. The minimum atomic E-state index is -0.672. The molecule has 2 aromatic carbocycles. The number of aromatic amines is 1. The molecule has 1 aromatic heterocycles. The number of benzene rings is 2. The molecule has 0 fully saturated rings. The van der Waals surface area contributed by atoms with E-state index < -0.39 is 23.1 Å². The van der Waals surface area contributed by atoms with Crippen LogP contribution in [-0.2, 0) is 24.4 Å². The highest BCUT2D eigenvalue weighted by Crippen LogP contribution is 2.04. The number of carbonyl (C=O) groups is 2. The first-order chi connectivity index (χ1) is 13.8. The summed E-state index contributed by atoms with van der Waals surface area (Å²) in [6.45, 7) is 1.30. The number of nitrogens with zero attached hydrogens (tertiary/aromatic N) is 2. The standard InChI is InChI=1S/C20H18F2N4O3/c1-13(27)11-25-18(19(28)23-10-14-2-6-16(21)7-3-14)20(29)26(24-25)12-15-4-8-17(22)9-5-15/h2-9H,10-12H2,1H3,(H-,23,24,28,29)/p+1. The second kappa shape index (κ2) is 8.59. The quantitative estimate of drug-likeness (QED) is 0.585.